The molecule has 0 spiro atoms. The van der Waals surface area contributed by atoms with Gasteiger partial charge in [-0.2, -0.15) is 0 Å². The van der Waals surface area contributed by atoms with Gasteiger partial charge in [-0.15, -0.1) is 10.2 Å². The summed E-state index contributed by atoms with van der Waals surface area (Å²) in [7, 11) is 1.58. The van der Waals surface area contributed by atoms with Gasteiger partial charge in [0.1, 0.15) is 5.75 Å². The van der Waals surface area contributed by atoms with Crippen molar-refractivity contribution in [2.75, 3.05) is 12.4 Å². The highest BCUT2D eigenvalue weighted by Crippen LogP contribution is 2.30. The largest absolute Gasteiger partial charge is 0.495 e. The number of aromatic nitrogens is 3. The summed E-state index contributed by atoms with van der Waals surface area (Å²) in [5.41, 5.74) is 4.80. The average Bonchev–Trinajstić information content (AvgIpc) is 3.10. The molecule has 0 aliphatic rings. The lowest BCUT2D eigenvalue weighted by Crippen LogP contribution is -2.23. The Morgan fingerprint density at radius 3 is 2.69 bits per heavy atom. The lowest BCUT2D eigenvalue weighted by atomic mass is 10.1. The van der Waals surface area contributed by atoms with Gasteiger partial charge < -0.3 is 10.1 Å². The van der Waals surface area contributed by atoms with E-state index in [9.17, 15) is 4.79 Å². The standard InChI is InChI=1S/C22H22N4O2S/c1-13-8-7-9-16-14(2)12-19-24-25-22(26(19)20(13)16)29-15(3)21(27)23-17-10-5-6-11-18(17)28-4/h5-12,15H,1-4H3,(H,23,27)/t15-/m1/s1. The number of carbonyl (C=O) groups excluding carboxylic acids is 1. The van der Waals surface area contributed by atoms with Crippen molar-refractivity contribution in [3.05, 3.63) is 59.7 Å². The van der Waals surface area contributed by atoms with Gasteiger partial charge in [0.25, 0.3) is 0 Å². The Bertz CT molecular complexity index is 1220. The lowest BCUT2D eigenvalue weighted by molar-refractivity contribution is -0.115. The number of pyridine rings is 1. The molecule has 1 N–H and O–H groups in total. The highest BCUT2D eigenvalue weighted by Gasteiger charge is 2.21. The van der Waals surface area contributed by atoms with E-state index in [1.54, 1.807) is 7.11 Å². The molecular formula is C22H22N4O2S. The smallest absolute Gasteiger partial charge is 0.237 e. The number of amides is 1. The number of ether oxygens (including phenoxy) is 1. The first-order chi connectivity index (χ1) is 14.0. The molecule has 0 bridgehead atoms. The van der Waals surface area contributed by atoms with Crippen molar-refractivity contribution in [1.82, 2.24) is 14.6 Å². The van der Waals surface area contributed by atoms with Crippen molar-refractivity contribution in [2.45, 2.75) is 31.2 Å². The molecule has 2 aromatic heterocycles. The van der Waals surface area contributed by atoms with Crippen molar-refractivity contribution in [3.8, 4) is 5.75 Å². The molecule has 1 atom stereocenters. The van der Waals surface area contributed by atoms with Crippen LogP contribution in [0.4, 0.5) is 5.69 Å². The van der Waals surface area contributed by atoms with Gasteiger partial charge >= 0.3 is 0 Å². The van der Waals surface area contributed by atoms with Crippen LogP contribution in [-0.4, -0.2) is 32.9 Å². The molecule has 2 aromatic carbocycles. The number of rotatable bonds is 5. The lowest BCUT2D eigenvalue weighted by Gasteiger charge is -2.14. The number of fused-ring (bicyclic) bond motifs is 3. The van der Waals surface area contributed by atoms with Crippen molar-refractivity contribution >= 4 is 39.9 Å². The molecular weight excluding hydrogens is 384 g/mol. The van der Waals surface area contributed by atoms with Crippen LogP contribution in [0.15, 0.2) is 53.7 Å². The summed E-state index contributed by atoms with van der Waals surface area (Å²) in [6.45, 7) is 6.01. The van der Waals surface area contributed by atoms with Gasteiger partial charge in [-0.1, -0.05) is 42.1 Å². The van der Waals surface area contributed by atoms with Crippen LogP contribution in [0.25, 0.3) is 16.6 Å². The fourth-order valence-electron chi connectivity index (χ4n) is 3.40. The molecule has 148 valence electrons. The Hall–Kier alpha value is -3.06. The number of nitrogens with one attached hydrogen (secondary N) is 1. The number of carbonyl (C=O) groups is 1. The number of thioether (sulfide) groups is 1. The highest BCUT2D eigenvalue weighted by molar-refractivity contribution is 8.00. The number of nitrogens with zero attached hydrogens (tertiary/aromatic N) is 3. The summed E-state index contributed by atoms with van der Waals surface area (Å²) >= 11 is 1.39. The Morgan fingerprint density at radius 2 is 1.90 bits per heavy atom. The van der Waals surface area contributed by atoms with Crippen molar-refractivity contribution in [2.24, 2.45) is 0 Å². The molecule has 6 nitrogen and oxygen atoms in total. The first-order valence-corrected chi connectivity index (χ1v) is 10.2. The summed E-state index contributed by atoms with van der Waals surface area (Å²) in [5, 5.41) is 13.1. The van der Waals surface area contributed by atoms with Gasteiger partial charge in [0, 0.05) is 5.39 Å². The minimum Gasteiger partial charge on any atom is -0.495 e. The van der Waals surface area contributed by atoms with E-state index in [0.717, 1.165) is 27.7 Å². The molecule has 0 radical (unpaired) electrons. The van der Waals surface area contributed by atoms with Crippen LogP contribution >= 0.6 is 11.8 Å². The van der Waals surface area contributed by atoms with Crippen LogP contribution < -0.4 is 10.1 Å². The summed E-state index contributed by atoms with van der Waals surface area (Å²) in [5.74, 6) is 0.507. The number of hydrogen-bond acceptors (Lipinski definition) is 5. The van der Waals surface area contributed by atoms with E-state index in [-0.39, 0.29) is 11.2 Å². The Morgan fingerprint density at radius 1 is 1.10 bits per heavy atom. The maximum atomic E-state index is 12.8. The minimum absolute atomic E-state index is 0.121. The van der Waals surface area contributed by atoms with Gasteiger partial charge in [-0.05, 0) is 50.1 Å². The molecule has 0 aliphatic heterocycles. The molecule has 4 aromatic rings. The Kier molecular flexibility index (Phi) is 5.15. The summed E-state index contributed by atoms with van der Waals surface area (Å²) in [6.07, 6.45) is 0. The Balaban J connectivity index is 1.66. The minimum atomic E-state index is -0.368. The van der Waals surface area contributed by atoms with E-state index < -0.39 is 0 Å². The third-order valence-corrected chi connectivity index (χ3v) is 5.95. The predicted molar refractivity (Wildman–Crippen MR) is 117 cm³/mol. The monoisotopic (exact) mass is 406 g/mol. The van der Waals surface area contributed by atoms with E-state index >= 15 is 0 Å². The van der Waals surface area contributed by atoms with Crippen molar-refractivity contribution in [1.29, 1.82) is 0 Å². The van der Waals surface area contributed by atoms with Gasteiger partial charge in [-0.25, -0.2) is 0 Å². The van der Waals surface area contributed by atoms with E-state index in [2.05, 4.69) is 47.6 Å². The molecule has 0 fully saturated rings. The first kappa shape index (κ1) is 19.3. The zero-order chi connectivity index (χ0) is 20.5. The molecule has 2 heterocycles. The fraction of sp³-hybridized carbons (Fsp3) is 0.227. The number of anilines is 1. The second kappa shape index (κ2) is 7.75. The molecule has 0 saturated carbocycles. The summed E-state index contributed by atoms with van der Waals surface area (Å²) < 4.78 is 7.35. The molecule has 29 heavy (non-hydrogen) atoms. The fourth-order valence-corrected chi connectivity index (χ4v) is 4.26. The normalized spacial score (nSPS) is 12.3. The number of aryl methyl sites for hydroxylation is 2. The zero-order valence-corrected chi connectivity index (χ0v) is 17.6. The topological polar surface area (TPSA) is 68.5 Å². The maximum absolute atomic E-state index is 12.8. The highest BCUT2D eigenvalue weighted by atomic mass is 32.2. The van der Waals surface area contributed by atoms with E-state index in [4.69, 9.17) is 4.74 Å². The molecule has 1 amide bonds. The third-order valence-electron chi connectivity index (χ3n) is 4.91. The van der Waals surface area contributed by atoms with Crippen molar-refractivity contribution < 1.29 is 9.53 Å². The van der Waals surface area contributed by atoms with Crippen LogP contribution in [-0.2, 0) is 4.79 Å². The summed E-state index contributed by atoms with van der Waals surface area (Å²) in [4.78, 5) is 12.8. The number of hydrogen-bond donors (Lipinski definition) is 1. The van der Waals surface area contributed by atoms with Gasteiger partial charge in [0.2, 0.25) is 5.91 Å². The van der Waals surface area contributed by atoms with E-state index in [1.807, 2.05) is 41.7 Å². The van der Waals surface area contributed by atoms with Crippen LogP contribution in [0.3, 0.4) is 0 Å². The second-order valence-electron chi connectivity index (χ2n) is 6.92. The van der Waals surface area contributed by atoms with Crippen LogP contribution in [0.1, 0.15) is 18.1 Å². The van der Waals surface area contributed by atoms with Crippen molar-refractivity contribution in [3.63, 3.8) is 0 Å². The van der Waals surface area contributed by atoms with Gasteiger partial charge in [-0.3, -0.25) is 9.20 Å². The van der Waals surface area contributed by atoms with Gasteiger partial charge in [0.05, 0.1) is 23.6 Å². The zero-order valence-electron chi connectivity index (χ0n) is 16.8. The molecule has 0 unspecified atom stereocenters. The van der Waals surface area contributed by atoms with Crippen LogP contribution in [0, 0.1) is 13.8 Å². The quantitative estimate of drug-likeness (QED) is 0.490. The molecule has 0 aliphatic carbocycles. The predicted octanol–water partition coefficient (Wildman–Crippen LogP) is 4.63. The average molecular weight is 407 g/mol. The SMILES string of the molecule is COc1ccccc1NC(=O)[C@@H](C)Sc1nnc2cc(C)c3cccc(C)c3n12. The van der Waals surface area contributed by atoms with E-state index in [1.165, 1.54) is 11.8 Å². The van der Waals surface area contributed by atoms with Crippen LogP contribution in [0.2, 0.25) is 0 Å². The second-order valence-corrected chi connectivity index (χ2v) is 8.23. The number of methoxy groups -OCH3 is 1. The summed E-state index contributed by atoms with van der Waals surface area (Å²) in [6, 6.07) is 15.6. The Labute approximate surface area is 173 Å². The maximum Gasteiger partial charge on any atom is 0.237 e. The first-order valence-electron chi connectivity index (χ1n) is 9.34. The molecule has 7 heteroatoms. The number of benzene rings is 2. The molecule has 4 rings (SSSR count). The van der Waals surface area contributed by atoms with Gasteiger partial charge in [0.15, 0.2) is 10.8 Å². The van der Waals surface area contributed by atoms with Crippen LogP contribution in [0.5, 0.6) is 5.75 Å². The molecule has 0 saturated heterocycles. The third kappa shape index (κ3) is 3.53. The number of para-hydroxylation sites is 3. The van der Waals surface area contributed by atoms with E-state index in [0.29, 0.717) is 16.6 Å².